The summed E-state index contributed by atoms with van der Waals surface area (Å²) in [6.07, 6.45) is 4.15. The summed E-state index contributed by atoms with van der Waals surface area (Å²) in [5.41, 5.74) is 0. The fraction of sp³-hybridized carbons (Fsp3) is 0.929. The van der Waals surface area contributed by atoms with Gasteiger partial charge in [0.2, 0.25) is 5.91 Å². The van der Waals surface area contributed by atoms with Crippen LogP contribution in [0.2, 0.25) is 0 Å². The summed E-state index contributed by atoms with van der Waals surface area (Å²) in [4.78, 5) is 11.6. The number of rotatable bonds is 8. The van der Waals surface area contributed by atoms with Gasteiger partial charge in [-0.25, -0.2) is 0 Å². The van der Waals surface area contributed by atoms with Gasteiger partial charge in [0.05, 0.1) is 12.7 Å². The maximum absolute atomic E-state index is 11.6. The Balaban J connectivity index is 0.00000324. The molecule has 0 aromatic rings. The Morgan fingerprint density at radius 1 is 1.42 bits per heavy atom. The van der Waals surface area contributed by atoms with Gasteiger partial charge in [-0.1, -0.05) is 13.8 Å². The number of halogens is 1. The van der Waals surface area contributed by atoms with Crippen molar-refractivity contribution in [1.82, 2.24) is 10.6 Å². The SMILES string of the molecule is CC(C)CC(C)OCCC(=O)NCC1CCCN1.Cl. The lowest BCUT2D eigenvalue weighted by Crippen LogP contribution is -2.37. The molecule has 1 rings (SSSR count). The summed E-state index contributed by atoms with van der Waals surface area (Å²) in [5, 5.41) is 6.32. The van der Waals surface area contributed by atoms with Crippen molar-refractivity contribution in [2.45, 2.75) is 58.6 Å². The molecule has 19 heavy (non-hydrogen) atoms. The summed E-state index contributed by atoms with van der Waals surface area (Å²) >= 11 is 0. The van der Waals surface area contributed by atoms with E-state index in [1.54, 1.807) is 0 Å². The minimum absolute atomic E-state index is 0. The summed E-state index contributed by atoms with van der Waals surface area (Å²) in [6, 6.07) is 0.467. The first-order valence-electron chi connectivity index (χ1n) is 7.19. The zero-order valence-corrected chi connectivity index (χ0v) is 13.2. The number of amides is 1. The molecule has 0 aromatic heterocycles. The van der Waals surface area contributed by atoms with Crippen LogP contribution in [0.1, 0.15) is 46.5 Å². The number of carbonyl (C=O) groups excluding carboxylic acids is 1. The fourth-order valence-corrected chi connectivity index (χ4v) is 2.34. The molecule has 0 spiro atoms. The molecule has 1 heterocycles. The highest BCUT2D eigenvalue weighted by molar-refractivity contribution is 5.85. The third-order valence-corrected chi connectivity index (χ3v) is 3.24. The quantitative estimate of drug-likeness (QED) is 0.720. The van der Waals surface area contributed by atoms with Crippen LogP contribution in [0.15, 0.2) is 0 Å². The standard InChI is InChI=1S/C14H28N2O2.ClH/c1-11(2)9-12(3)18-8-6-14(17)16-10-13-5-4-7-15-13;/h11-13,15H,4-10H2,1-3H3,(H,16,17);1H. The molecule has 1 fully saturated rings. The monoisotopic (exact) mass is 292 g/mol. The lowest BCUT2D eigenvalue weighted by Gasteiger charge is -2.15. The van der Waals surface area contributed by atoms with Crippen LogP contribution in [0.25, 0.3) is 0 Å². The number of ether oxygens (including phenoxy) is 1. The van der Waals surface area contributed by atoms with Crippen molar-refractivity contribution in [1.29, 1.82) is 0 Å². The van der Waals surface area contributed by atoms with Gasteiger partial charge < -0.3 is 15.4 Å². The average molecular weight is 293 g/mol. The van der Waals surface area contributed by atoms with Crippen molar-refractivity contribution in [2.75, 3.05) is 19.7 Å². The molecule has 2 atom stereocenters. The van der Waals surface area contributed by atoms with E-state index in [-0.39, 0.29) is 24.4 Å². The molecule has 0 radical (unpaired) electrons. The molecule has 1 saturated heterocycles. The van der Waals surface area contributed by atoms with E-state index >= 15 is 0 Å². The molecule has 1 amide bonds. The highest BCUT2D eigenvalue weighted by Crippen LogP contribution is 2.07. The van der Waals surface area contributed by atoms with Crippen molar-refractivity contribution in [2.24, 2.45) is 5.92 Å². The Labute approximate surface area is 123 Å². The molecule has 0 saturated carbocycles. The molecule has 0 aromatic carbocycles. The Morgan fingerprint density at radius 2 is 2.16 bits per heavy atom. The van der Waals surface area contributed by atoms with Crippen LogP contribution in [-0.2, 0) is 9.53 Å². The van der Waals surface area contributed by atoms with E-state index in [1.807, 2.05) is 0 Å². The molecule has 0 bridgehead atoms. The zero-order valence-electron chi connectivity index (χ0n) is 12.4. The third-order valence-electron chi connectivity index (χ3n) is 3.24. The van der Waals surface area contributed by atoms with Crippen molar-refractivity contribution < 1.29 is 9.53 Å². The molecule has 5 heteroatoms. The van der Waals surface area contributed by atoms with E-state index in [0.29, 0.717) is 25.0 Å². The Hall–Kier alpha value is -0.320. The van der Waals surface area contributed by atoms with Gasteiger partial charge in [0.1, 0.15) is 0 Å². The lowest BCUT2D eigenvalue weighted by molar-refractivity contribution is -0.122. The van der Waals surface area contributed by atoms with Gasteiger partial charge in [0.25, 0.3) is 0 Å². The molecule has 4 nitrogen and oxygen atoms in total. The maximum atomic E-state index is 11.6. The van der Waals surface area contributed by atoms with E-state index in [9.17, 15) is 4.79 Å². The first-order chi connectivity index (χ1) is 8.58. The normalized spacial score (nSPS) is 20.1. The van der Waals surface area contributed by atoms with Crippen molar-refractivity contribution in [3.05, 3.63) is 0 Å². The van der Waals surface area contributed by atoms with Crippen LogP contribution in [0, 0.1) is 5.92 Å². The minimum atomic E-state index is 0. The van der Waals surface area contributed by atoms with Crippen LogP contribution in [0.3, 0.4) is 0 Å². The highest BCUT2D eigenvalue weighted by Gasteiger charge is 2.14. The molecule has 114 valence electrons. The van der Waals surface area contributed by atoms with Crippen LogP contribution in [0.5, 0.6) is 0 Å². The smallest absolute Gasteiger partial charge is 0.222 e. The van der Waals surface area contributed by atoms with Crippen LogP contribution >= 0.6 is 12.4 Å². The van der Waals surface area contributed by atoms with Gasteiger partial charge >= 0.3 is 0 Å². The van der Waals surface area contributed by atoms with E-state index in [0.717, 1.165) is 19.5 Å². The number of hydrogen-bond acceptors (Lipinski definition) is 3. The van der Waals surface area contributed by atoms with Gasteiger partial charge in [-0.2, -0.15) is 0 Å². The van der Waals surface area contributed by atoms with E-state index in [1.165, 1.54) is 12.8 Å². The topological polar surface area (TPSA) is 50.4 Å². The molecule has 1 aliphatic rings. The predicted molar refractivity (Wildman–Crippen MR) is 80.8 cm³/mol. The Morgan fingerprint density at radius 3 is 2.74 bits per heavy atom. The molecule has 2 unspecified atom stereocenters. The predicted octanol–water partition coefficient (Wildman–Crippen LogP) is 2.12. The van der Waals surface area contributed by atoms with Gasteiger partial charge in [0, 0.05) is 19.0 Å². The summed E-state index contributed by atoms with van der Waals surface area (Å²) in [7, 11) is 0. The molecular formula is C14H29ClN2O2. The summed E-state index contributed by atoms with van der Waals surface area (Å²) in [5.74, 6) is 0.739. The van der Waals surface area contributed by atoms with Gasteiger partial charge in [-0.3, -0.25) is 4.79 Å². The first-order valence-corrected chi connectivity index (χ1v) is 7.19. The van der Waals surface area contributed by atoms with Gasteiger partial charge in [-0.15, -0.1) is 12.4 Å². The summed E-state index contributed by atoms with van der Waals surface area (Å²) < 4.78 is 5.62. The van der Waals surface area contributed by atoms with Crippen molar-refractivity contribution in [3.63, 3.8) is 0 Å². The zero-order chi connectivity index (χ0) is 13.4. The van der Waals surface area contributed by atoms with E-state index < -0.39 is 0 Å². The second kappa shape index (κ2) is 10.5. The van der Waals surface area contributed by atoms with Gasteiger partial charge in [0.15, 0.2) is 0 Å². The minimum Gasteiger partial charge on any atom is -0.378 e. The molecule has 0 aliphatic carbocycles. The highest BCUT2D eigenvalue weighted by atomic mass is 35.5. The van der Waals surface area contributed by atoms with Gasteiger partial charge in [-0.05, 0) is 38.6 Å². The van der Waals surface area contributed by atoms with Crippen LogP contribution < -0.4 is 10.6 Å². The van der Waals surface area contributed by atoms with Crippen molar-refractivity contribution in [3.8, 4) is 0 Å². The van der Waals surface area contributed by atoms with Crippen LogP contribution in [0.4, 0.5) is 0 Å². The number of carbonyl (C=O) groups is 1. The Kier molecular flexibility index (Phi) is 10.3. The molecule has 2 N–H and O–H groups in total. The fourth-order valence-electron chi connectivity index (χ4n) is 2.34. The number of hydrogen-bond donors (Lipinski definition) is 2. The van der Waals surface area contributed by atoms with Crippen LogP contribution in [-0.4, -0.2) is 37.7 Å². The molecular weight excluding hydrogens is 264 g/mol. The number of nitrogens with one attached hydrogen (secondary N) is 2. The Bertz CT molecular complexity index is 244. The molecule has 1 aliphatic heterocycles. The van der Waals surface area contributed by atoms with E-state index in [4.69, 9.17) is 4.74 Å². The third kappa shape index (κ3) is 9.25. The largest absolute Gasteiger partial charge is 0.378 e. The second-order valence-corrected chi connectivity index (χ2v) is 5.66. The summed E-state index contributed by atoms with van der Waals surface area (Å²) in [6.45, 7) is 8.79. The maximum Gasteiger partial charge on any atom is 0.222 e. The lowest BCUT2D eigenvalue weighted by atomic mass is 10.1. The first kappa shape index (κ1) is 18.7. The van der Waals surface area contributed by atoms with E-state index in [2.05, 4.69) is 31.4 Å². The van der Waals surface area contributed by atoms with Crippen molar-refractivity contribution >= 4 is 18.3 Å². The average Bonchev–Trinajstić information content (AvgIpc) is 2.78. The second-order valence-electron chi connectivity index (χ2n) is 5.66.